The van der Waals surface area contributed by atoms with Gasteiger partial charge in [0.05, 0.1) is 62.9 Å². The van der Waals surface area contributed by atoms with E-state index in [1.165, 1.54) is 6.08 Å². The molecule has 22 heteroatoms. The van der Waals surface area contributed by atoms with Gasteiger partial charge in [-0.25, -0.2) is 9.59 Å². The third kappa shape index (κ3) is 10.2. The highest BCUT2D eigenvalue weighted by Gasteiger charge is 2.51. The van der Waals surface area contributed by atoms with Crippen LogP contribution in [0.5, 0.6) is 0 Å². The van der Waals surface area contributed by atoms with E-state index in [9.17, 15) is 65.1 Å². The summed E-state index contributed by atoms with van der Waals surface area (Å²) in [6, 6.07) is 0. The first kappa shape index (κ1) is 49.4. The third-order valence-electron chi connectivity index (χ3n) is 13.1. The maximum atomic E-state index is 13.9. The highest BCUT2D eigenvalue weighted by atomic mass is 16.8. The molecule has 5 aliphatic heterocycles. The van der Waals surface area contributed by atoms with Crippen molar-refractivity contribution >= 4 is 23.9 Å². The zero-order chi connectivity index (χ0) is 46.7. The lowest BCUT2D eigenvalue weighted by molar-refractivity contribution is -0.327. The number of hydrogen-bond donors (Lipinski definition) is 9. The van der Waals surface area contributed by atoms with Gasteiger partial charge in [-0.3, -0.25) is 9.59 Å². The third-order valence-corrected chi connectivity index (χ3v) is 13.1. The van der Waals surface area contributed by atoms with E-state index in [1.54, 1.807) is 19.9 Å². The Bertz CT molecular complexity index is 1820. The van der Waals surface area contributed by atoms with E-state index in [-0.39, 0.29) is 65.6 Å². The summed E-state index contributed by atoms with van der Waals surface area (Å²) in [5.41, 5.74) is 0.111. The van der Waals surface area contributed by atoms with Crippen molar-refractivity contribution in [3.05, 3.63) is 47.0 Å². The molecule has 0 unspecified atom stereocenters. The number of rotatable bonds is 12. The van der Waals surface area contributed by atoms with E-state index < -0.39 is 135 Å². The van der Waals surface area contributed by atoms with Crippen LogP contribution in [0.25, 0.3) is 0 Å². The van der Waals surface area contributed by atoms with Gasteiger partial charge in [0.2, 0.25) is 12.6 Å². The number of aliphatic hydroxyl groups excluding tert-OH is 8. The molecule has 22 nitrogen and oxygen atoms in total. The highest BCUT2D eigenvalue weighted by molar-refractivity contribution is 5.91. The molecule has 0 amide bonds. The van der Waals surface area contributed by atoms with Crippen LogP contribution in [0.4, 0.5) is 0 Å². The molecule has 64 heavy (non-hydrogen) atoms. The number of hydrogen-bond acceptors (Lipinski definition) is 21. The molecule has 6 rings (SSSR count). The second-order valence-corrected chi connectivity index (χ2v) is 16.9. The maximum absolute atomic E-state index is 13.9. The number of carboxylic acids is 1. The van der Waals surface area contributed by atoms with Crippen LogP contribution >= 0.6 is 0 Å². The summed E-state index contributed by atoms with van der Waals surface area (Å²) in [7, 11) is 0. The number of allylic oxidation sites excluding steroid dienone is 2. The molecule has 358 valence electrons. The average molecular weight is 915 g/mol. The number of fused-ring (bicyclic) bond motifs is 3. The second kappa shape index (κ2) is 21.1. The number of ether oxygens (including phenoxy) is 9. The number of carboxylic acid groups (broad SMARTS) is 1. The predicted molar refractivity (Wildman–Crippen MR) is 209 cm³/mol. The van der Waals surface area contributed by atoms with Crippen molar-refractivity contribution in [2.45, 2.75) is 127 Å². The van der Waals surface area contributed by atoms with Crippen molar-refractivity contribution in [2.24, 2.45) is 35.5 Å². The minimum absolute atomic E-state index is 0.0148. The molecule has 0 radical (unpaired) electrons. The van der Waals surface area contributed by atoms with Crippen LogP contribution in [0.2, 0.25) is 0 Å². The Hall–Kier alpha value is -4.04. The lowest BCUT2D eigenvalue weighted by atomic mass is 9.83. The number of carbonyl (C=O) groups excluding carboxylic acids is 3. The smallest absolute Gasteiger partial charge is 0.338 e. The molecular formula is C42H58O22. The van der Waals surface area contributed by atoms with Gasteiger partial charge in [0, 0.05) is 28.9 Å². The Kier molecular flexibility index (Phi) is 16.3. The first-order valence-corrected chi connectivity index (χ1v) is 21.1. The van der Waals surface area contributed by atoms with Crippen molar-refractivity contribution in [3.63, 3.8) is 0 Å². The minimum Gasteiger partial charge on any atom is -0.478 e. The van der Waals surface area contributed by atoms with Gasteiger partial charge in [-0.05, 0) is 38.0 Å². The summed E-state index contributed by atoms with van der Waals surface area (Å²) in [5, 5.41) is 91.0. The monoisotopic (exact) mass is 914 g/mol. The Morgan fingerprint density at radius 3 is 1.94 bits per heavy atom. The van der Waals surface area contributed by atoms with E-state index in [1.807, 2.05) is 13.8 Å². The molecule has 1 aliphatic carbocycles. The number of esters is 3. The zero-order valence-corrected chi connectivity index (χ0v) is 35.6. The first-order valence-electron chi connectivity index (χ1n) is 21.1. The molecule has 0 aromatic rings. The first-order chi connectivity index (χ1) is 30.4. The fraction of sp³-hybridized carbons (Fsp3) is 0.714. The fourth-order valence-electron chi connectivity index (χ4n) is 9.23. The van der Waals surface area contributed by atoms with Gasteiger partial charge < -0.3 is 88.6 Å². The van der Waals surface area contributed by atoms with Crippen LogP contribution < -0.4 is 0 Å². The lowest BCUT2D eigenvalue weighted by Gasteiger charge is -2.42. The standard InChI is InChI=1S/C42H58O22/c1-5-18-21(24(37(53)54)14-58-39(18)63-41-35(51)33(49)31(47)27(10-43)61-41)8-29(45)56-12-16(3)20-7-26-17(4)23(20)13-57-30(46)9-22-19(6-2)40(59-15-25(22)38(55)60-26)64-42-36(52)34(50)32(48)28(11-44)62-42/h5-6,14-17,20-23,26-28,31-36,39-44,47-52H,7-13H2,1-4H3,(H,53,54)/b18-5+,19-6+/t16-,17-,20+,21-,22+,23-,26-,27-,28-,31-,32-,33+,34+,35-,36-,39+,40+,41+,42+/m1/s1. The van der Waals surface area contributed by atoms with Crippen LogP contribution in [0, 0.1) is 35.5 Å². The molecule has 0 spiro atoms. The lowest BCUT2D eigenvalue weighted by Crippen LogP contribution is -2.60. The SMILES string of the molecule is C/C=C1/[C@H](O[C@@H]2O[C@H](CO)[C@@H](O)[C@H](O)[C@H]2O)OC=C2C(=O)O[C@@H]3C[C@@H]([C@H](C)COC(=O)C[C@H]4C(C(=O)O)=CO[C@@H](O[C@@H]5O[C@H](CO)[C@@H](O)[C@H](O)[C@H]5O)/C4=C/C)[C@H](COC(=O)C[C@H]21)[C@H]3C. The van der Waals surface area contributed by atoms with E-state index in [2.05, 4.69) is 0 Å². The summed E-state index contributed by atoms with van der Waals surface area (Å²) in [4.78, 5) is 53.1. The van der Waals surface area contributed by atoms with Crippen molar-refractivity contribution in [3.8, 4) is 0 Å². The van der Waals surface area contributed by atoms with Gasteiger partial charge in [-0.15, -0.1) is 0 Å². The van der Waals surface area contributed by atoms with Crippen LogP contribution in [-0.2, 0) is 61.8 Å². The van der Waals surface area contributed by atoms with Gasteiger partial charge in [0.1, 0.15) is 54.9 Å². The van der Waals surface area contributed by atoms with Crippen LogP contribution in [-0.4, -0.2) is 176 Å². The maximum Gasteiger partial charge on any atom is 0.338 e. The van der Waals surface area contributed by atoms with Crippen LogP contribution in [0.3, 0.4) is 0 Å². The van der Waals surface area contributed by atoms with E-state index in [0.717, 1.165) is 12.5 Å². The Balaban J connectivity index is 1.10. The van der Waals surface area contributed by atoms with E-state index in [4.69, 9.17) is 42.6 Å². The summed E-state index contributed by atoms with van der Waals surface area (Å²) >= 11 is 0. The Labute approximate surface area is 367 Å². The fourth-order valence-corrected chi connectivity index (χ4v) is 9.23. The summed E-state index contributed by atoms with van der Waals surface area (Å²) in [6.07, 6.45) is -15.0. The molecule has 4 fully saturated rings. The Morgan fingerprint density at radius 1 is 0.828 bits per heavy atom. The van der Waals surface area contributed by atoms with Gasteiger partial charge in [0.25, 0.3) is 0 Å². The molecule has 5 heterocycles. The van der Waals surface area contributed by atoms with E-state index in [0.29, 0.717) is 6.42 Å². The molecular weight excluding hydrogens is 856 g/mol. The molecule has 9 N–H and O–H groups in total. The highest BCUT2D eigenvalue weighted by Crippen LogP contribution is 2.45. The number of aliphatic hydroxyl groups is 8. The summed E-state index contributed by atoms with van der Waals surface area (Å²) < 4.78 is 51.3. The van der Waals surface area contributed by atoms with Crippen LogP contribution in [0.1, 0.15) is 47.0 Å². The van der Waals surface area contributed by atoms with Crippen molar-refractivity contribution in [1.82, 2.24) is 0 Å². The van der Waals surface area contributed by atoms with Gasteiger partial charge in [-0.1, -0.05) is 26.0 Å². The molecule has 3 saturated heterocycles. The zero-order valence-electron chi connectivity index (χ0n) is 35.6. The van der Waals surface area contributed by atoms with Crippen molar-refractivity contribution < 1.29 is 108 Å². The normalized spacial score (nSPS) is 42.1. The molecule has 0 aromatic carbocycles. The quantitative estimate of drug-likeness (QED) is 0.0581. The van der Waals surface area contributed by atoms with Crippen molar-refractivity contribution in [1.29, 1.82) is 0 Å². The molecule has 19 atom stereocenters. The predicted octanol–water partition coefficient (Wildman–Crippen LogP) is -1.99. The van der Waals surface area contributed by atoms with Gasteiger partial charge in [-0.2, -0.15) is 0 Å². The van der Waals surface area contributed by atoms with Crippen molar-refractivity contribution in [2.75, 3.05) is 26.4 Å². The average Bonchev–Trinajstić information content (AvgIpc) is 3.57. The van der Waals surface area contributed by atoms with Crippen LogP contribution in [0.15, 0.2) is 47.0 Å². The molecule has 6 aliphatic rings. The number of carbonyl (C=O) groups is 4. The number of aliphatic carboxylic acids is 1. The molecule has 1 saturated carbocycles. The topological polar surface area (TPSA) is 333 Å². The van der Waals surface area contributed by atoms with Gasteiger partial charge in [0.15, 0.2) is 12.6 Å². The van der Waals surface area contributed by atoms with E-state index >= 15 is 0 Å². The minimum atomic E-state index is -1.78. The number of cyclic esters (lactones) is 1. The Morgan fingerprint density at radius 2 is 1.39 bits per heavy atom. The summed E-state index contributed by atoms with van der Waals surface area (Å²) in [6.45, 7) is 5.20. The summed E-state index contributed by atoms with van der Waals surface area (Å²) in [5.74, 6) is -7.06. The molecule has 0 aromatic heterocycles. The van der Waals surface area contributed by atoms with Gasteiger partial charge >= 0.3 is 23.9 Å². The largest absolute Gasteiger partial charge is 0.478 e. The second-order valence-electron chi connectivity index (χ2n) is 16.9. The molecule has 2 bridgehead atoms.